The van der Waals surface area contributed by atoms with Gasteiger partial charge in [0.25, 0.3) is 0 Å². The molecule has 0 amide bonds. The maximum atomic E-state index is 10.9. The molecule has 0 spiro atoms. The summed E-state index contributed by atoms with van der Waals surface area (Å²) in [6, 6.07) is 7.07. The summed E-state index contributed by atoms with van der Waals surface area (Å²) in [5.41, 5.74) is 0.776. The first-order chi connectivity index (χ1) is 6.63. The average Bonchev–Trinajstić information content (AvgIpc) is 2.18. The molecule has 14 heavy (non-hydrogen) atoms. The lowest BCUT2D eigenvalue weighted by molar-refractivity contribution is -0.122. The molecule has 76 valence electrons. The van der Waals surface area contributed by atoms with E-state index in [0.717, 1.165) is 5.56 Å². The van der Waals surface area contributed by atoms with Gasteiger partial charge in [-0.1, -0.05) is 12.1 Å². The van der Waals surface area contributed by atoms with Crippen molar-refractivity contribution < 1.29 is 14.6 Å². The van der Waals surface area contributed by atoms with Gasteiger partial charge >= 0.3 is 0 Å². The molecule has 0 bridgehead atoms. The lowest BCUT2D eigenvalue weighted by Gasteiger charge is -2.11. The van der Waals surface area contributed by atoms with E-state index in [1.54, 1.807) is 31.2 Å². The Morgan fingerprint density at radius 1 is 1.57 bits per heavy atom. The van der Waals surface area contributed by atoms with Gasteiger partial charge in [-0.25, -0.2) is 0 Å². The molecule has 1 aromatic carbocycles. The predicted octanol–water partition coefficient (Wildman–Crippen LogP) is 1.54. The number of benzene rings is 1. The van der Waals surface area contributed by atoms with Crippen LogP contribution in [0, 0.1) is 0 Å². The van der Waals surface area contributed by atoms with E-state index in [4.69, 9.17) is 9.84 Å². The molecule has 0 fully saturated rings. The molecule has 1 unspecified atom stereocenters. The van der Waals surface area contributed by atoms with Gasteiger partial charge in [-0.3, -0.25) is 4.79 Å². The Labute approximate surface area is 83.3 Å². The van der Waals surface area contributed by atoms with Crippen molar-refractivity contribution in [3.05, 3.63) is 29.8 Å². The largest absolute Gasteiger partial charge is 0.483 e. The number of ketones is 1. The molecule has 0 radical (unpaired) electrons. The van der Waals surface area contributed by atoms with Crippen LogP contribution in [0.15, 0.2) is 24.3 Å². The number of aliphatic hydroxyl groups is 1. The van der Waals surface area contributed by atoms with Crippen LogP contribution in [-0.4, -0.2) is 17.0 Å². The summed E-state index contributed by atoms with van der Waals surface area (Å²) >= 11 is 0. The monoisotopic (exact) mass is 194 g/mol. The SMILES string of the molecule is CC(=O)C(C)Oc1cccc(CO)c1. The second-order valence-electron chi connectivity index (χ2n) is 3.18. The average molecular weight is 194 g/mol. The Morgan fingerprint density at radius 3 is 2.86 bits per heavy atom. The minimum atomic E-state index is -0.441. The molecule has 0 aliphatic heterocycles. The van der Waals surface area contributed by atoms with Crippen LogP contribution < -0.4 is 4.74 Å². The van der Waals surface area contributed by atoms with E-state index in [1.807, 2.05) is 0 Å². The molecule has 1 aromatic rings. The number of ether oxygens (including phenoxy) is 1. The Bertz CT molecular complexity index is 320. The van der Waals surface area contributed by atoms with E-state index in [2.05, 4.69) is 0 Å². The van der Waals surface area contributed by atoms with E-state index in [9.17, 15) is 4.79 Å². The summed E-state index contributed by atoms with van der Waals surface area (Å²) in [5, 5.41) is 8.88. The normalized spacial score (nSPS) is 12.2. The summed E-state index contributed by atoms with van der Waals surface area (Å²) < 4.78 is 5.36. The van der Waals surface area contributed by atoms with E-state index in [1.165, 1.54) is 6.92 Å². The molecule has 3 nitrogen and oxygen atoms in total. The predicted molar refractivity (Wildman–Crippen MR) is 53.1 cm³/mol. The van der Waals surface area contributed by atoms with Gasteiger partial charge in [-0.15, -0.1) is 0 Å². The maximum absolute atomic E-state index is 10.9. The molecule has 3 heteroatoms. The van der Waals surface area contributed by atoms with E-state index in [0.29, 0.717) is 5.75 Å². The highest BCUT2D eigenvalue weighted by molar-refractivity contribution is 5.80. The topological polar surface area (TPSA) is 46.5 Å². The van der Waals surface area contributed by atoms with Crippen molar-refractivity contribution in [2.45, 2.75) is 26.6 Å². The summed E-state index contributed by atoms with van der Waals surface area (Å²) in [4.78, 5) is 10.9. The fourth-order valence-electron chi connectivity index (χ4n) is 1.00. The highest BCUT2D eigenvalue weighted by Gasteiger charge is 2.08. The third kappa shape index (κ3) is 2.85. The van der Waals surface area contributed by atoms with Crippen molar-refractivity contribution in [3.8, 4) is 5.75 Å². The number of aliphatic hydroxyl groups excluding tert-OH is 1. The highest BCUT2D eigenvalue weighted by Crippen LogP contribution is 2.14. The fraction of sp³-hybridized carbons (Fsp3) is 0.364. The van der Waals surface area contributed by atoms with E-state index < -0.39 is 6.10 Å². The molecular weight excluding hydrogens is 180 g/mol. The summed E-state index contributed by atoms with van der Waals surface area (Å²) in [6.07, 6.45) is -0.441. The molecule has 0 aliphatic carbocycles. The number of carbonyl (C=O) groups is 1. The van der Waals surface area contributed by atoms with Crippen molar-refractivity contribution in [1.29, 1.82) is 0 Å². The molecule has 1 rings (SSSR count). The third-order valence-corrected chi connectivity index (χ3v) is 1.97. The van der Waals surface area contributed by atoms with Gasteiger partial charge in [0.2, 0.25) is 0 Å². The first kappa shape index (κ1) is 10.7. The summed E-state index contributed by atoms with van der Waals surface area (Å²) in [6.45, 7) is 3.17. The van der Waals surface area contributed by atoms with Gasteiger partial charge in [-0.2, -0.15) is 0 Å². The van der Waals surface area contributed by atoms with Crippen LogP contribution >= 0.6 is 0 Å². The molecule has 1 N–H and O–H groups in total. The van der Waals surface area contributed by atoms with Crippen LogP contribution in [0.4, 0.5) is 0 Å². The fourth-order valence-corrected chi connectivity index (χ4v) is 1.00. The van der Waals surface area contributed by atoms with Gasteiger partial charge in [0, 0.05) is 0 Å². The molecule has 0 aliphatic rings. The molecule has 0 saturated carbocycles. The summed E-state index contributed by atoms with van der Waals surface area (Å²) in [5.74, 6) is 0.596. The smallest absolute Gasteiger partial charge is 0.169 e. The van der Waals surface area contributed by atoms with Crippen molar-refractivity contribution >= 4 is 5.78 Å². The van der Waals surface area contributed by atoms with E-state index >= 15 is 0 Å². The second-order valence-corrected chi connectivity index (χ2v) is 3.18. The van der Waals surface area contributed by atoms with Crippen LogP contribution in [0.1, 0.15) is 19.4 Å². The third-order valence-electron chi connectivity index (χ3n) is 1.97. The molecule has 0 aromatic heterocycles. The lowest BCUT2D eigenvalue weighted by Crippen LogP contribution is -2.20. The number of hydrogen-bond donors (Lipinski definition) is 1. The molecule has 0 heterocycles. The second kappa shape index (κ2) is 4.77. The number of Topliss-reactive ketones (excluding diaryl/α,β-unsaturated/α-hetero) is 1. The number of rotatable bonds is 4. The zero-order valence-electron chi connectivity index (χ0n) is 8.36. The van der Waals surface area contributed by atoms with Crippen LogP contribution in [0.3, 0.4) is 0 Å². The van der Waals surface area contributed by atoms with Gasteiger partial charge in [0.1, 0.15) is 5.75 Å². The van der Waals surface area contributed by atoms with Crippen molar-refractivity contribution in [3.63, 3.8) is 0 Å². The number of hydrogen-bond acceptors (Lipinski definition) is 3. The van der Waals surface area contributed by atoms with Crippen molar-refractivity contribution in [2.24, 2.45) is 0 Å². The minimum Gasteiger partial charge on any atom is -0.483 e. The van der Waals surface area contributed by atoms with Crippen LogP contribution in [0.5, 0.6) is 5.75 Å². The van der Waals surface area contributed by atoms with Gasteiger partial charge < -0.3 is 9.84 Å². The minimum absolute atomic E-state index is 0.0144. The Hall–Kier alpha value is -1.35. The quantitative estimate of drug-likeness (QED) is 0.790. The Balaban J connectivity index is 2.71. The van der Waals surface area contributed by atoms with Gasteiger partial charge in [0.05, 0.1) is 6.61 Å². The van der Waals surface area contributed by atoms with Gasteiger partial charge in [0.15, 0.2) is 11.9 Å². The lowest BCUT2D eigenvalue weighted by atomic mass is 10.2. The molecular formula is C11H14O3. The maximum Gasteiger partial charge on any atom is 0.169 e. The highest BCUT2D eigenvalue weighted by atomic mass is 16.5. The van der Waals surface area contributed by atoms with Crippen LogP contribution in [-0.2, 0) is 11.4 Å². The summed E-state index contributed by atoms with van der Waals surface area (Å²) in [7, 11) is 0. The van der Waals surface area contributed by atoms with Crippen LogP contribution in [0.2, 0.25) is 0 Å². The van der Waals surface area contributed by atoms with Gasteiger partial charge in [-0.05, 0) is 31.5 Å². The van der Waals surface area contributed by atoms with E-state index in [-0.39, 0.29) is 12.4 Å². The Kier molecular flexibility index (Phi) is 3.65. The number of carbonyl (C=O) groups excluding carboxylic acids is 1. The van der Waals surface area contributed by atoms with Crippen molar-refractivity contribution in [1.82, 2.24) is 0 Å². The zero-order valence-corrected chi connectivity index (χ0v) is 8.36. The Morgan fingerprint density at radius 2 is 2.29 bits per heavy atom. The molecule has 0 saturated heterocycles. The first-order valence-electron chi connectivity index (χ1n) is 4.50. The molecule has 1 atom stereocenters. The van der Waals surface area contributed by atoms with Crippen LogP contribution in [0.25, 0.3) is 0 Å². The first-order valence-corrected chi connectivity index (χ1v) is 4.50. The van der Waals surface area contributed by atoms with Crippen molar-refractivity contribution in [2.75, 3.05) is 0 Å². The zero-order chi connectivity index (χ0) is 10.6. The standard InChI is InChI=1S/C11H14O3/c1-8(13)9(2)14-11-5-3-4-10(6-11)7-12/h3-6,9,12H,7H2,1-2H3.